The molecular formula is C20H25N3O5. The molecule has 2 aromatic rings. The van der Waals surface area contributed by atoms with Gasteiger partial charge in [-0.3, -0.25) is 4.79 Å². The molecule has 1 N–H and O–H groups in total. The molecule has 0 aliphatic heterocycles. The van der Waals surface area contributed by atoms with E-state index in [9.17, 15) is 4.79 Å². The molecule has 1 aromatic heterocycles. The highest BCUT2D eigenvalue weighted by Crippen LogP contribution is 2.28. The molecule has 1 aliphatic carbocycles. The van der Waals surface area contributed by atoms with Crippen molar-refractivity contribution < 1.29 is 23.7 Å². The molecule has 1 saturated carbocycles. The molecule has 1 fully saturated rings. The summed E-state index contributed by atoms with van der Waals surface area (Å²) in [5.74, 6) is 1.81. The summed E-state index contributed by atoms with van der Waals surface area (Å²) in [6, 6.07) is 5.23. The van der Waals surface area contributed by atoms with Crippen molar-refractivity contribution in [3.63, 3.8) is 0 Å². The van der Waals surface area contributed by atoms with Crippen molar-refractivity contribution in [2.45, 2.75) is 37.8 Å². The van der Waals surface area contributed by atoms with E-state index in [-0.39, 0.29) is 18.1 Å². The number of rotatable bonds is 7. The minimum absolute atomic E-state index is 0.0238. The molecule has 3 rings (SSSR count). The highest BCUT2D eigenvalue weighted by atomic mass is 16.5. The van der Waals surface area contributed by atoms with Crippen molar-refractivity contribution in [2.24, 2.45) is 0 Å². The summed E-state index contributed by atoms with van der Waals surface area (Å²) in [6.45, 7) is 0. The van der Waals surface area contributed by atoms with Crippen LogP contribution in [0.5, 0.6) is 23.3 Å². The van der Waals surface area contributed by atoms with Gasteiger partial charge in [0.05, 0.1) is 21.3 Å². The standard InChI is InChI=1S/C20H25N3O5/c1-25-16-10-13(11-17(12-16)26-2)18(24)23-14-4-6-15(7-5-14)28-20-19(27-3)21-8-9-22-20/h8-12,14-15H,4-7H2,1-3H3,(H,23,24). The molecule has 8 nitrogen and oxygen atoms in total. The Morgan fingerprint density at radius 3 is 2.07 bits per heavy atom. The van der Waals surface area contributed by atoms with E-state index in [0.717, 1.165) is 25.7 Å². The van der Waals surface area contributed by atoms with Gasteiger partial charge in [-0.05, 0) is 37.8 Å². The van der Waals surface area contributed by atoms with E-state index >= 15 is 0 Å². The molecule has 0 radical (unpaired) electrons. The van der Waals surface area contributed by atoms with Gasteiger partial charge in [0.25, 0.3) is 17.7 Å². The maximum Gasteiger partial charge on any atom is 0.278 e. The summed E-state index contributed by atoms with van der Waals surface area (Å²) in [6.07, 6.45) is 6.42. The van der Waals surface area contributed by atoms with Crippen LogP contribution >= 0.6 is 0 Å². The van der Waals surface area contributed by atoms with Gasteiger partial charge in [0.15, 0.2) is 0 Å². The van der Waals surface area contributed by atoms with Crippen LogP contribution in [-0.4, -0.2) is 49.4 Å². The maximum atomic E-state index is 12.6. The van der Waals surface area contributed by atoms with Gasteiger partial charge in [0.1, 0.15) is 17.6 Å². The van der Waals surface area contributed by atoms with Crippen molar-refractivity contribution in [3.05, 3.63) is 36.2 Å². The topological polar surface area (TPSA) is 91.8 Å². The Balaban J connectivity index is 1.55. The third-order valence-corrected chi connectivity index (χ3v) is 4.73. The third kappa shape index (κ3) is 4.82. The predicted octanol–water partition coefficient (Wildman–Crippen LogP) is 2.62. The molecule has 0 unspecified atom stereocenters. The van der Waals surface area contributed by atoms with Crippen LogP contribution in [0.15, 0.2) is 30.6 Å². The van der Waals surface area contributed by atoms with Crippen molar-refractivity contribution in [1.29, 1.82) is 0 Å². The van der Waals surface area contributed by atoms with Crippen LogP contribution in [0.25, 0.3) is 0 Å². The number of nitrogens with one attached hydrogen (secondary N) is 1. The number of hydrogen-bond acceptors (Lipinski definition) is 7. The minimum Gasteiger partial charge on any atom is -0.497 e. The smallest absolute Gasteiger partial charge is 0.278 e. The number of carbonyl (C=O) groups is 1. The summed E-state index contributed by atoms with van der Waals surface area (Å²) in [7, 11) is 4.66. The van der Waals surface area contributed by atoms with Crippen molar-refractivity contribution in [3.8, 4) is 23.3 Å². The number of benzene rings is 1. The largest absolute Gasteiger partial charge is 0.497 e. The van der Waals surface area contributed by atoms with E-state index in [4.69, 9.17) is 18.9 Å². The lowest BCUT2D eigenvalue weighted by Crippen LogP contribution is -2.39. The first-order chi connectivity index (χ1) is 13.6. The average Bonchev–Trinajstić information content (AvgIpc) is 2.75. The highest BCUT2D eigenvalue weighted by molar-refractivity contribution is 5.95. The lowest BCUT2D eigenvalue weighted by atomic mass is 9.92. The Bertz CT molecular complexity index is 784. The van der Waals surface area contributed by atoms with Crippen LogP contribution in [0.1, 0.15) is 36.0 Å². The van der Waals surface area contributed by atoms with Crippen LogP contribution < -0.4 is 24.3 Å². The molecule has 0 bridgehead atoms. The van der Waals surface area contributed by atoms with Crippen LogP contribution in [0, 0.1) is 0 Å². The number of carbonyl (C=O) groups excluding carboxylic acids is 1. The molecule has 1 heterocycles. The Morgan fingerprint density at radius 1 is 0.893 bits per heavy atom. The molecule has 0 atom stereocenters. The molecule has 28 heavy (non-hydrogen) atoms. The second-order valence-electron chi connectivity index (χ2n) is 6.54. The zero-order valence-corrected chi connectivity index (χ0v) is 16.3. The molecule has 0 spiro atoms. The zero-order chi connectivity index (χ0) is 19.9. The van der Waals surface area contributed by atoms with E-state index in [1.807, 2.05) is 0 Å². The van der Waals surface area contributed by atoms with E-state index in [0.29, 0.717) is 28.8 Å². The fraction of sp³-hybridized carbons (Fsp3) is 0.450. The van der Waals surface area contributed by atoms with Crippen molar-refractivity contribution in [2.75, 3.05) is 21.3 Å². The second-order valence-corrected chi connectivity index (χ2v) is 6.54. The predicted molar refractivity (Wildman–Crippen MR) is 102 cm³/mol. The molecule has 8 heteroatoms. The first-order valence-electron chi connectivity index (χ1n) is 9.18. The number of aromatic nitrogens is 2. The van der Waals surface area contributed by atoms with Crippen LogP contribution in [-0.2, 0) is 0 Å². The van der Waals surface area contributed by atoms with Gasteiger partial charge in [0.2, 0.25) is 0 Å². The number of nitrogens with zero attached hydrogens (tertiary/aromatic N) is 2. The lowest BCUT2D eigenvalue weighted by molar-refractivity contribution is 0.0885. The fourth-order valence-electron chi connectivity index (χ4n) is 3.22. The summed E-state index contributed by atoms with van der Waals surface area (Å²) >= 11 is 0. The van der Waals surface area contributed by atoms with Gasteiger partial charge < -0.3 is 24.3 Å². The number of ether oxygens (including phenoxy) is 4. The Kier molecular flexibility index (Phi) is 6.52. The first-order valence-corrected chi connectivity index (χ1v) is 9.18. The Morgan fingerprint density at radius 2 is 1.50 bits per heavy atom. The van der Waals surface area contributed by atoms with E-state index in [2.05, 4.69) is 15.3 Å². The average molecular weight is 387 g/mol. The van der Waals surface area contributed by atoms with Crippen molar-refractivity contribution >= 4 is 5.91 Å². The molecule has 150 valence electrons. The minimum atomic E-state index is -0.142. The SMILES string of the molecule is COc1cc(OC)cc(C(=O)NC2CCC(Oc3nccnc3OC)CC2)c1. The summed E-state index contributed by atoms with van der Waals surface area (Å²) in [5, 5.41) is 3.09. The van der Waals surface area contributed by atoms with E-state index in [1.54, 1.807) is 44.8 Å². The maximum absolute atomic E-state index is 12.6. The van der Waals surface area contributed by atoms with E-state index in [1.165, 1.54) is 7.11 Å². The Hall–Kier alpha value is -3.03. The molecular weight excluding hydrogens is 362 g/mol. The number of methoxy groups -OCH3 is 3. The monoisotopic (exact) mass is 387 g/mol. The van der Waals surface area contributed by atoms with Crippen molar-refractivity contribution in [1.82, 2.24) is 15.3 Å². The highest BCUT2D eigenvalue weighted by Gasteiger charge is 2.25. The quantitative estimate of drug-likeness (QED) is 0.781. The summed E-state index contributed by atoms with van der Waals surface area (Å²) in [5.41, 5.74) is 0.513. The molecule has 1 aromatic carbocycles. The normalized spacial score (nSPS) is 18.8. The molecule has 1 aliphatic rings. The van der Waals surface area contributed by atoms with Crippen LogP contribution in [0.4, 0.5) is 0 Å². The van der Waals surface area contributed by atoms with Crippen LogP contribution in [0.2, 0.25) is 0 Å². The zero-order valence-electron chi connectivity index (χ0n) is 16.3. The Labute approximate surface area is 164 Å². The summed E-state index contributed by atoms with van der Waals surface area (Å²) in [4.78, 5) is 20.9. The van der Waals surface area contributed by atoms with Gasteiger partial charge in [0, 0.05) is 30.1 Å². The summed E-state index contributed by atoms with van der Waals surface area (Å²) < 4.78 is 21.6. The van der Waals surface area contributed by atoms with Gasteiger partial charge in [-0.2, -0.15) is 0 Å². The van der Waals surface area contributed by atoms with Gasteiger partial charge in [-0.15, -0.1) is 0 Å². The van der Waals surface area contributed by atoms with E-state index < -0.39 is 0 Å². The van der Waals surface area contributed by atoms with Gasteiger partial charge >= 0.3 is 0 Å². The number of hydrogen-bond donors (Lipinski definition) is 1. The van der Waals surface area contributed by atoms with Gasteiger partial charge in [-0.1, -0.05) is 0 Å². The van der Waals surface area contributed by atoms with Gasteiger partial charge in [-0.25, -0.2) is 9.97 Å². The van der Waals surface area contributed by atoms with Crippen LogP contribution in [0.3, 0.4) is 0 Å². The molecule has 0 saturated heterocycles. The third-order valence-electron chi connectivity index (χ3n) is 4.73. The lowest BCUT2D eigenvalue weighted by Gasteiger charge is -2.29. The number of amides is 1. The fourth-order valence-corrected chi connectivity index (χ4v) is 3.22. The first kappa shape index (κ1) is 19.7. The molecule has 1 amide bonds. The second kappa shape index (κ2) is 9.25.